The first-order chi connectivity index (χ1) is 14.6. The van der Waals surface area contributed by atoms with E-state index in [0.717, 1.165) is 24.8 Å². The molecule has 0 fully saturated rings. The van der Waals surface area contributed by atoms with Crippen molar-refractivity contribution in [3.8, 4) is 11.5 Å². The van der Waals surface area contributed by atoms with Crippen LogP contribution in [-0.2, 0) is 9.53 Å². The lowest BCUT2D eigenvalue weighted by molar-refractivity contribution is -0.111. The van der Waals surface area contributed by atoms with Gasteiger partial charge in [-0.05, 0) is 61.4 Å². The smallest absolute Gasteiger partial charge is 0.338 e. The molecule has 160 valence electrons. The van der Waals surface area contributed by atoms with Crippen LogP contribution in [0.25, 0.3) is 6.08 Å². The number of hydrogen-bond acceptors (Lipinski definition) is 5. The van der Waals surface area contributed by atoms with Crippen molar-refractivity contribution in [2.75, 3.05) is 25.6 Å². The summed E-state index contributed by atoms with van der Waals surface area (Å²) in [7, 11) is 1.59. The number of esters is 1. The molecule has 0 aliphatic carbocycles. The van der Waals surface area contributed by atoms with Crippen LogP contribution in [0.15, 0.2) is 48.5 Å². The van der Waals surface area contributed by atoms with Gasteiger partial charge in [0.25, 0.3) is 0 Å². The van der Waals surface area contributed by atoms with Crippen molar-refractivity contribution in [2.24, 2.45) is 0 Å². The predicted molar refractivity (Wildman–Crippen MR) is 118 cm³/mol. The van der Waals surface area contributed by atoms with E-state index in [4.69, 9.17) is 14.2 Å². The maximum Gasteiger partial charge on any atom is 0.338 e. The first-order valence-electron chi connectivity index (χ1n) is 10.1. The minimum absolute atomic E-state index is 0.280. The summed E-state index contributed by atoms with van der Waals surface area (Å²) in [5, 5.41) is 2.76. The fourth-order valence-electron chi connectivity index (χ4n) is 2.70. The molecule has 2 rings (SSSR count). The van der Waals surface area contributed by atoms with Crippen LogP contribution in [0, 0.1) is 0 Å². The zero-order chi connectivity index (χ0) is 21.8. The van der Waals surface area contributed by atoms with Gasteiger partial charge >= 0.3 is 5.97 Å². The standard InChI is InChI=1S/C24H29NO5/c1-4-6-7-16-30-21-14-8-18(17-22(21)28-3)9-15-23(26)25-20-12-10-19(11-13-20)24(27)29-5-2/h8-15,17H,4-7,16H2,1-3H3,(H,25,26)/b15-9+. The summed E-state index contributed by atoms with van der Waals surface area (Å²) in [6, 6.07) is 12.1. The molecule has 0 unspecified atom stereocenters. The molecule has 0 saturated heterocycles. The van der Waals surface area contributed by atoms with Crippen molar-refractivity contribution >= 4 is 23.6 Å². The summed E-state index contributed by atoms with van der Waals surface area (Å²) in [4.78, 5) is 23.8. The van der Waals surface area contributed by atoms with Crippen LogP contribution in [0.5, 0.6) is 11.5 Å². The fourth-order valence-corrected chi connectivity index (χ4v) is 2.70. The minimum atomic E-state index is -0.387. The highest BCUT2D eigenvalue weighted by Crippen LogP contribution is 2.28. The summed E-state index contributed by atoms with van der Waals surface area (Å²) in [5.41, 5.74) is 1.85. The third-order valence-electron chi connectivity index (χ3n) is 4.28. The van der Waals surface area contributed by atoms with Gasteiger partial charge < -0.3 is 19.5 Å². The Morgan fingerprint density at radius 1 is 1.00 bits per heavy atom. The number of rotatable bonds is 11. The van der Waals surface area contributed by atoms with Gasteiger partial charge in [0.15, 0.2) is 11.5 Å². The molecule has 0 aliphatic heterocycles. The van der Waals surface area contributed by atoms with Crippen molar-refractivity contribution in [3.05, 3.63) is 59.7 Å². The molecule has 6 nitrogen and oxygen atoms in total. The van der Waals surface area contributed by atoms with Gasteiger partial charge in [0, 0.05) is 11.8 Å². The number of benzene rings is 2. The lowest BCUT2D eigenvalue weighted by Crippen LogP contribution is -2.08. The number of amides is 1. The Morgan fingerprint density at radius 2 is 1.77 bits per heavy atom. The highest BCUT2D eigenvalue weighted by Gasteiger charge is 2.07. The molecular formula is C24H29NO5. The van der Waals surface area contributed by atoms with Gasteiger partial charge in [-0.1, -0.05) is 25.8 Å². The number of methoxy groups -OCH3 is 1. The number of unbranched alkanes of at least 4 members (excludes halogenated alkanes) is 2. The Balaban J connectivity index is 1.94. The number of hydrogen-bond donors (Lipinski definition) is 1. The number of carbonyl (C=O) groups is 2. The van der Waals surface area contributed by atoms with Gasteiger partial charge in [-0.2, -0.15) is 0 Å². The van der Waals surface area contributed by atoms with Crippen LogP contribution in [-0.4, -0.2) is 32.2 Å². The molecule has 2 aromatic carbocycles. The maximum atomic E-state index is 12.2. The van der Waals surface area contributed by atoms with Crippen LogP contribution in [0.4, 0.5) is 5.69 Å². The maximum absolute atomic E-state index is 12.2. The van der Waals surface area contributed by atoms with E-state index in [9.17, 15) is 9.59 Å². The zero-order valence-corrected chi connectivity index (χ0v) is 17.8. The van der Waals surface area contributed by atoms with Gasteiger partial charge in [-0.25, -0.2) is 4.79 Å². The topological polar surface area (TPSA) is 73.9 Å². The SMILES string of the molecule is CCCCCOc1ccc(/C=C/C(=O)Nc2ccc(C(=O)OCC)cc2)cc1OC. The van der Waals surface area contributed by atoms with Crippen LogP contribution in [0.1, 0.15) is 49.0 Å². The number of carbonyl (C=O) groups excluding carboxylic acids is 2. The average molecular weight is 411 g/mol. The quantitative estimate of drug-likeness (QED) is 0.317. The number of anilines is 1. The van der Waals surface area contributed by atoms with Crippen molar-refractivity contribution in [3.63, 3.8) is 0 Å². The Kier molecular flexibility index (Phi) is 9.45. The lowest BCUT2D eigenvalue weighted by Gasteiger charge is -2.11. The first-order valence-corrected chi connectivity index (χ1v) is 10.1. The van der Waals surface area contributed by atoms with E-state index < -0.39 is 0 Å². The van der Waals surface area contributed by atoms with Crippen molar-refractivity contribution < 1.29 is 23.8 Å². The van der Waals surface area contributed by atoms with E-state index >= 15 is 0 Å². The van der Waals surface area contributed by atoms with Gasteiger partial charge in [-0.3, -0.25) is 4.79 Å². The van der Waals surface area contributed by atoms with Crippen molar-refractivity contribution in [1.82, 2.24) is 0 Å². The molecule has 0 aliphatic rings. The third kappa shape index (κ3) is 7.28. The average Bonchev–Trinajstić information content (AvgIpc) is 2.76. The monoisotopic (exact) mass is 411 g/mol. The molecule has 0 aromatic heterocycles. The second-order valence-electron chi connectivity index (χ2n) is 6.59. The van der Waals surface area contributed by atoms with E-state index in [1.807, 2.05) is 18.2 Å². The molecule has 0 radical (unpaired) electrons. The molecule has 0 atom stereocenters. The highest BCUT2D eigenvalue weighted by atomic mass is 16.5. The lowest BCUT2D eigenvalue weighted by atomic mass is 10.1. The van der Waals surface area contributed by atoms with Crippen molar-refractivity contribution in [2.45, 2.75) is 33.1 Å². The molecule has 0 saturated carbocycles. The Labute approximate surface area is 177 Å². The molecule has 0 spiro atoms. The largest absolute Gasteiger partial charge is 0.493 e. The van der Waals surface area contributed by atoms with E-state index in [0.29, 0.717) is 36.0 Å². The van der Waals surface area contributed by atoms with Crippen molar-refractivity contribution in [1.29, 1.82) is 0 Å². The van der Waals surface area contributed by atoms with E-state index in [1.165, 1.54) is 6.08 Å². The molecule has 30 heavy (non-hydrogen) atoms. The Morgan fingerprint density at radius 3 is 2.43 bits per heavy atom. The summed E-state index contributed by atoms with van der Waals surface area (Å²) in [5.74, 6) is 0.653. The number of ether oxygens (including phenoxy) is 3. The first kappa shape index (κ1) is 23.0. The molecule has 6 heteroatoms. The van der Waals surface area contributed by atoms with Gasteiger partial charge in [0.05, 0.1) is 25.9 Å². The van der Waals surface area contributed by atoms with E-state index in [2.05, 4.69) is 12.2 Å². The molecule has 0 bridgehead atoms. The normalized spacial score (nSPS) is 10.6. The Hall–Kier alpha value is -3.28. The van der Waals surface area contributed by atoms with E-state index in [-0.39, 0.29) is 11.9 Å². The van der Waals surface area contributed by atoms with Crippen LogP contribution in [0.3, 0.4) is 0 Å². The molecular weight excluding hydrogens is 382 g/mol. The molecule has 2 aromatic rings. The second-order valence-corrected chi connectivity index (χ2v) is 6.59. The summed E-state index contributed by atoms with van der Waals surface area (Å²) < 4.78 is 16.1. The molecule has 0 heterocycles. The fraction of sp³-hybridized carbons (Fsp3) is 0.333. The summed E-state index contributed by atoms with van der Waals surface area (Å²) in [6.45, 7) is 4.87. The van der Waals surface area contributed by atoms with Crippen LogP contribution in [0.2, 0.25) is 0 Å². The number of nitrogens with one attached hydrogen (secondary N) is 1. The molecule has 1 amide bonds. The zero-order valence-electron chi connectivity index (χ0n) is 17.8. The van der Waals surface area contributed by atoms with Gasteiger partial charge in [0.1, 0.15) is 0 Å². The highest BCUT2D eigenvalue weighted by molar-refractivity contribution is 6.02. The van der Waals surface area contributed by atoms with Gasteiger partial charge in [0.2, 0.25) is 5.91 Å². The van der Waals surface area contributed by atoms with Crippen LogP contribution >= 0.6 is 0 Å². The van der Waals surface area contributed by atoms with Crippen LogP contribution < -0.4 is 14.8 Å². The second kappa shape index (κ2) is 12.3. The molecule has 1 N–H and O–H groups in total. The summed E-state index contributed by atoms with van der Waals surface area (Å²) in [6.07, 6.45) is 6.41. The summed E-state index contributed by atoms with van der Waals surface area (Å²) >= 11 is 0. The minimum Gasteiger partial charge on any atom is -0.493 e. The van der Waals surface area contributed by atoms with E-state index in [1.54, 1.807) is 44.4 Å². The third-order valence-corrected chi connectivity index (χ3v) is 4.28. The predicted octanol–water partition coefficient (Wildman–Crippen LogP) is 5.09. The Bertz CT molecular complexity index is 858. The van der Waals surface area contributed by atoms with Gasteiger partial charge in [-0.15, -0.1) is 0 Å².